The van der Waals surface area contributed by atoms with Gasteiger partial charge in [0.1, 0.15) is 23.5 Å². The third-order valence-corrected chi connectivity index (χ3v) is 6.43. The first-order valence-corrected chi connectivity index (χ1v) is 9.61. The van der Waals surface area contributed by atoms with Crippen LogP contribution in [-0.2, 0) is 13.0 Å². The van der Waals surface area contributed by atoms with Crippen LogP contribution in [0.3, 0.4) is 0 Å². The molecule has 2 aromatic rings. The largest absolute Gasteiger partial charge is 0.508 e. The molecule has 1 amide bonds. The highest BCUT2D eigenvalue weighted by molar-refractivity contribution is 7.16. The van der Waals surface area contributed by atoms with Gasteiger partial charge < -0.3 is 20.6 Å². The summed E-state index contributed by atoms with van der Waals surface area (Å²) in [5.74, 6) is 0.169. The molecule has 6 heteroatoms. The minimum absolute atomic E-state index is 0.0378. The second-order valence-corrected chi connectivity index (χ2v) is 8.42. The summed E-state index contributed by atoms with van der Waals surface area (Å²) in [5, 5.41) is 17.6. The maximum absolute atomic E-state index is 12.8. The number of amides is 1. The number of carbonyl (C=O) groups excluding carboxylic acids is 1. The fourth-order valence-electron chi connectivity index (χ4n) is 3.76. The number of aromatic hydroxyl groups is 1. The van der Waals surface area contributed by atoms with Crippen molar-refractivity contribution in [1.29, 1.82) is 0 Å². The summed E-state index contributed by atoms with van der Waals surface area (Å²) >= 11 is 1.70. The number of thiophene rings is 1. The highest BCUT2D eigenvalue weighted by Crippen LogP contribution is 2.40. The summed E-state index contributed by atoms with van der Waals surface area (Å²) < 4.78 is 0. The zero-order chi connectivity index (χ0) is 17.7. The Hall–Kier alpha value is -2.05. The zero-order valence-electron chi connectivity index (χ0n) is 14.8. The number of carbonyl (C=O) groups is 1. The van der Waals surface area contributed by atoms with E-state index in [9.17, 15) is 9.90 Å². The molecule has 0 radical (unpaired) electrons. The Labute approximate surface area is 151 Å². The van der Waals surface area contributed by atoms with Gasteiger partial charge in [-0.15, -0.1) is 11.3 Å². The molecule has 1 unspecified atom stereocenters. The van der Waals surface area contributed by atoms with Gasteiger partial charge in [0.25, 0.3) is 5.91 Å². The Kier molecular flexibility index (Phi) is 3.96. The van der Waals surface area contributed by atoms with Gasteiger partial charge in [0, 0.05) is 12.0 Å². The summed E-state index contributed by atoms with van der Waals surface area (Å²) in [6.07, 6.45) is 0.554. The molecule has 0 spiro atoms. The molecule has 1 aromatic carbocycles. The molecule has 3 heterocycles. The van der Waals surface area contributed by atoms with Gasteiger partial charge in [-0.2, -0.15) is 0 Å². The molecule has 132 valence electrons. The first kappa shape index (κ1) is 16.4. The lowest BCUT2D eigenvalue weighted by atomic mass is 9.99. The lowest BCUT2D eigenvalue weighted by Gasteiger charge is -2.29. The second kappa shape index (κ2) is 6.04. The van der Waals surface area contributed by atoms with E-state index in [1.165, 1.54) is 10.4 Å². The van der Waals surface area contributed by atoms with E-state index in [4.69, 9.17) is 0 Å². The smallest absolute Gasteiger partial charge is 0.256 e. The van der Waals surface area contributed by atoms with Crippen molar-refractivity contribution in [2.75, 3.05) is 11.9 Å². The van der Waals surface area contributed by atoms with E-state index in [0.717, 1.165) is 35.6 Å². The Morgan fingerprint density at radius 1 is 1.32 bits per heavy atom. The van der Waals surface area contributed by atoms with Crippen molar-refractivity contribution in [1.82, 2.24) is 5.32 Å². The summed E-state index contributed by atoms with van der Waals surface area (Å²) in [4.78, 5) is 15.6. The molecule has 25 heavy (non-hydrogen) atoms. The van der Waals surface area contributed by atoms with E-state index in [2.05, 4.69) is 24.5 Å². The normalized spacial score (nSPS) is 22.2. The Morgan fingerprint density at radius 3 is 2.84 bits per heavy atom. The number of benzene rings is 1. The number of aryl methyl sites for hydroxylation is 1. The van der Waals surface area contributed by atoms with Crippen LogP contribution in [0.1, 0.15) is 51.9 Å². The molecule has 1 aromatic heterocycles. The molecule has 4 rings (SSSR count). The monoisotopic (exact) mass is 358 g/mol. The topological polar surface area (TPSA) is 65.8 Å². The van der Waals surface area contributed by atoms with Gasteiger partial charge in [-0.1, -0.05) is 12.1 Å². The molecule has 2 aliphatic heterocycles. The lowest BCUT2D eigenvalue weighted by Crippen LogP contribution is -3.14. The molecule has 0 fully saturated rings. The molecular formula is C19H24N3O2S+. The van der Waals surface area contributed by atoms with Crippen molar-refractivity contribution >= 4 is 22.2 Å². The van der Waals surface area contributed by atoms with Crippen molar-refractivity contribution in [2.24, 2.45) is 0 Å². The minimum Gasteiger partial charge on any atom is -0.508 e. The zero-order valence-corrected chi connectivity index (χ0v) is 15.6. The van der Waals surface area contributed by atoms with E-state index >= 15 is 0 Å². The Morgan fingerprint density at radius 2 is 2.12 bits per heavy atom. The quantitative estimate of drug-likeness (QED) is 0.664. The van der Waals surface area contributed by atoms with Crippen molar-refractivity contribution < 1.29 is 14.8 Å². The summed E-state index contributed by atoms with van der Waals surface area (Å²) in [7, 11) is 0. The molecule has 5 nitrogen and oxygen atoms in total. The van der Waals surface area contributed by atoms with E-state index < -0.39 is 6.17 Å². The molecule has 2 atom stereocenters. The first-order chi connectivity index (χ1) is 11.9. The number of hydrogen-bond donors (Lipinski definition) is 4. The molecule has 0 aliphatic carbocycles. The van der Waals surface area contributed by atoms with Gasteiger partial charge in [0.05, 0.1) is 23.0 Å². The number of hydrogen-bond acceptors (Lipinski definition) is 4. The molecule has 0 bridgehead atoms. The number of quaternary nitrogens is 1. The van der Waals surface area contributed by atoms with Gasteiger partial charge in [-0.05, 0) is 38.0 Å². The molecule has 0 saturated carbocycles. The van der Waals surface area contributed by atoms with Gasteiger partial charge in [-0.3, -0.25) is 4.79 Å². The van der Waals surface area contributed by atoms with Crippen molar-refractivity contribution in [3.63, 3.8) is 0 Å². The number of anilines is 1. The Balaban J connectivity index is 1.67. The average Bonchev–Trinajstić information content (AvgIpc) is 2.92. The van der Waals surface area contributed by atoms with Crippen LogP contribution in [0, 0.1) is 6.92 Å². The van der Waals surface area contributed by atoms with Crippen LogP contribution in [0.15, 0.2) is 18.2 Å². The highest BCUT2D eigenvalue weighted by Gasteiger charge is 2.35. The van der Waals surface area contributed by atoms with Gasteiger partial charge in [0.15, 0.2) is 0 Å². The van der Waals surface area contributed by atoms with Crippen LogP contribution in [-0.4, -0.2) is 23.6 Å². The fourth-order valence-corrected chi connectivity index (χ4v) is 5.08. The number of nitrogens with one attached hydrogen (secondary N) is 3. The van der Waals surface area contributed by atoms with Crippen molar-refractivity contribution in [2.45, 2.75) is 45.9 Å². The average molecular weight is 358 g/mol. The van der Waals surface area contributed by atoms with Gasteiger partial charge in [0.2, 0.25) is 0 Å². The van der Waals surface area contributed by atoms with Crippen LogP contribution in [0.5, 0.6) is 5.75 Å². The van der Waals surface area contributed by atoms with E-state index in [1.54, 1.807) is 22.3 Å². The van der Waals surface area contributed by atoms with Crippen molar-refractivity contribution in [3.05, 3.63) is 45.3 Å². The lowest BCUT2D eigenvalue weighted by molar-refractivity contribution is -0.936. The van der Waals surface area contributed by atoms with Crippen LogP contribution in [0.4, 0.5) is 5.00 Å². The summed E-state index contributed by atoms with van der Waals surface area (Å²) in [5.41, 5.74) is 3.71. The third kappa shape index (κ3) is 2.79. The number of rotatable bonds is 2. The molecular weight excluding hydrogens is 334 g/mol. The van der Waals surface area contributed by atoms with E-state index in [-0.39, 0.29) is 11.7 Å². The maximum Gasteiger partial charge on any atom is 0.256 e. The Bertz CT molecular complexity index is 843. The number of phenols is 1. The standard InChI is InChI=1S/C19H23N3O2S/c1-10(2)22-7-6-13-15(9-22)25-19-16(13)18(24)20-17(21-19)12-5-4-11(3)8-14(12)23/h4-5,8,10,17,21,23H,6-7,9H2,1-3H3,(H,20,24)/p+1/t17-/m1/s1. The van der Waals surface area contributed by atoms with Gasteiger partial charge >= 0.3 is 0 Å². The predicted octanol–water partition coefficient (Wildman–Crippen LogP) is 1.97. The predicted molar refractivity (Wildman–Crippen MR) is 99.4 cm³/mol. The number of fused-ring (bicyclic) bond motifs is 3. The number of phenolic OH excluding ortho intramolecular Hbond substituents is 1. The molecule has 0 saturated heterocycles. The van der Waals surface area contributed by atoms with Gasteiger partial charge in [-0.25, -0.2) is 0 Å². The highest BCUT2D eigenvalue weighted by atomic mass is 32.1. The summed E-state index contributed by atoms with van der Waals surface area (Å²) in [6.45, 7) is 8.48. The van der Waals surface area contributed by atoms with Crippen LogP contribution >= 0.6 is 11.3 Å². The summed E-state index contributed by atoms with van der Waals surface area (Å²) in [6, 6.07) is 6.13. The minimum atomic E-state index is -0.394. The second-order valence-electron chi connectivity index (χ2n) is 7.31. The van der Waals surface area contributed by atoms with Crippen LogP contribution < -0.4 is 15.5 Å². The third-order valence-electron chi connectivity index (χ3n) is 5.27. The molecule has 2 aliphatic rings. The SMILES string of the molecule is Cc1ccc([C@@H]2NC(=O)c3c(sc4c3CC[NH+](C(C)C)C4)N2)c(O)c1. The van der Waals surface area contributed by atoms with Crippen LogP contribution in [0.2, 0.25) is 0 Å². The van der Waals surface area contributed by atoms with Crippen molar-refractivity contribution in [3.8, 4) is 5.75 Å². The maximum atomic E-state index is 12.8. The van der Waals surface area contributed by atoms with Crippen LogP contribution in [0.25, 0.3) is 0 Å². The first-order valence-electron chi connectivity index (χ1n) is 8.80. The fraction of sp³-hybridized carbons (Fsp3) is 0.421. The molecule has 4 N–H and O–H groups in total. The van der Waals surface area contributed by atoms with E-state index in [0.29, 0.717) is 11.6 Å². The van der Waals surface area contributed by atoms with E-state index in [1.807, 2.05) is 19.1 Å².